The first-order valence-electron chi connectivity index (χ1n) is 10.1. The van der Waals surface area contributed by atoms with E-state index in [1.54, 1.807) is 42.5 Å². The van der Waals surface area contributed by atoms with Gasteiger partial charge in [-0.25, -0.2) is 14.2 Å². The Morgan fingerprint density at radius 2 is 2.00 bits per heavy atom. The third-order valence-electron chi connectivity index (χ3n) is 5.71. The van der Waals surface area contributed by atoms with Gasteiger partial charge >= 0.3 is 6.09 Å². The monoisotopic (exact) mass is 492 g/mol. The van der Waals surface area contributed by atoms with E-state index in [1.165, 1.54) is 24.1 Å². The van der Waals surface area contributed by atoms with Gasteiger partial charge in [-0.15, -0.1) is 18.8 Å². The van der Waals surface area contributed by atoms with Crippen molar-refractivity contribution in [3.05, 3.63) is 88.7 Å². The molecule has 2 heterocycles. The third kappa shape index (κ3) is 3.65. The van der Waals surface area contributed by atoms with Crippen LogP contribution in [0, 0.1) is 18.2 Å². The predicted molar refractivity (Wildman–Crippen MR) is 130 cm³/mol. The SMILES string of the molecule is C#Cc1cc(N2C(=O)c3ccccc3C2(O)c2ccc3nc(NC(=O)OC)[nH]c3c2)ccc1F.Cl. The van der Waals surface area contributed by atoms with Crippen LogP contribution in [0.1, 0.15) is 27.0 Å². The second-order valence-electron chi connectivity index (χ2n) is 7.60. The maximum absolute atomic E-state index is 14.1. The van der Waals surface area contributed by atoms with Gasteiger partial charge in [0.25, 0.3) is 5.91 Å². The van der Waals surface area contributed by atoms with Crippen LogP contribution in [0.5, 0.6) is 0 Å². The number of aliphatic hydroxyl groups is 1. The van der Waals surface area contributed by atoms with Crippen molar-refractivity contribution in [1.82, 2.24) is 9.97 Å². The maximum atomic E-state index is 14.1. The minimum Gasteiger partial charge on any atom is -0.453 e. The third-order valence-corrected chi connectivity index (χ3v) is 5.71. The number of carbonyl (C=O) groups is 2. The summed E-state index contributed by atoms with van der Waals surface area (Å²) in [6.45, 7) is 0. The molecule has 1 aliphatic rings. The van der Waals surface area contributed by atoms with Crippen LogP contribution in [0.2, 0.25) is 0 Å². The molecule has 1 unspecified atom stereocenters. The number of ether oxygens (including phenoxy) is 1. The molecular weight excluding hydrogens is 475 g/mol. The van der Waals surface area contributed by atoms with Gasteiger partial charge in [0.2, 0.25) is 5.95 Å². The Balaban J connectivity index is 0.00000289. The molecule has 0 bridgehead atoms. The van der Waals surface area contributed by atoms with Crippen molar-refractivity contribution in [2.75, 3.05) is 17.3 Å². The Hall–Kier alpha value is -4.39. The fourth-order valence-corrected chi connectivity index (χ4v) is 4.15. The Morgan fingerprint density at radius 3 is 2.74 bits per heavy atom. The molecule has 8 nitrogen and oxygen atoms in total. The molecule has 1 aliphatic heterocycles. The molecule has 0 fully saturated rings. The molecule has 0 aliphatic carbocycles. The van der Waals surface area contributed by atoms with E-state index in [1.807, 2.05) is 0 Å². The number of amides is 2. The number of H-pyrrole nitrogens is 1. The fourth-order valence-electron chi connectivity index (χ4n) is 4.15. The molecule has 5 rings (SSSR count). The molecule has 0 radical (unpaired) electrons. The highest BCUT2D eigenvalue weighted by molar-refractivity contribution is 6.12. The van der Waals surface area contributed by atoms with Gasteiger partial charge in [0.1, 0.15) is 5.82 Å². The number of nitrogens with one attached hydrogen (secondary N) is 2. The Morgan fingerprint density at radius 1 is 1.23 bits per heavy atom. The molecule has 1 atom stereocenters. The second kappa shape index (κ2) is 8.76. The lowest BCUT2D eigenvalue weighted by Gasteiger charge is -2.35. The van der Waals surface area contributed by atoms with Crippen LogP contribution in [0.25, 0.3) is 11.0 Å². The van der Waals surface area contributed by atoms with Gasteiger partial charge in [0.15, 0.2) is 5.72 Å². The van der Waals surface area contributed by atoms with Gasteiger partial charge in [0, 0.05) is 22.4 Å². The fraction of sp³-hybridized carbons (Fsp3) is 0.0800. The second-order valence-corrected chi connectivity index (χ2v) is 7.60. The lowest BCUT2D eigenvalue weighted by Crippen LogP contribution is -2.45. The topological polar surface area (TPSA) is 108 Å². The van der Waals surface area contributed by atoms with Crippen molar-refractivity contribution in [2.45, 2.75) is 5.72 Å². The number of halogens is 2. The van der Waals surface area contributed by atoms with Gasteiger partial charge in [-0.05, 0) is 36.4 Å². The molecule has 0 spiro atoms. The van der Waals surface area contributed by atoms with Crippen LogP contribution in [0.4, 0.5) is 20.8 Å². The number of fused-ring (bicyclic) bond motifs is 2. The van der Waals surface area contributed by atoms with Gasteiger partial charge in [0.05, 0.1) is 23.7 Å². The largest absolute Gasteiger partial charge is 0.453 e. The van der Waals surface area contributed by atoms with E-state index in [4.69, 9.17) is 6.42 Å². The number of hydrogen-bond acceptors (Lipinski definition) is 5. The van der Waals surface area contributed by atoms with Gasteiger partial charge in [-0.2, -0.15) is 0 Å². The highest BCUT2D eigenvalue weighted by Crippen LogP contribution is 2.45. The first kappa shape index (κ1) is 23.8. The molecule has 2 amide bonds. The predicted octanol–water partition coefficient (Wildman–Crippen LogP) is 4.14. The lowest BCUT2D eigenvalue weighted by atomic mass is 9.93. The molecule has 10 heteroatoms. The first-order chi connectivity index (χ1) is 16.4. The summed E-state index contributed by atoms with van der Waals surface area (Å²) in [4.78, 5) is 33.3. The molecule has 0 saturated carbocycles. The van der Waals surface area contributed by atoms with E-state index < -0.39 is 23.5 Å². The number of terminal acetylenes is 1. The van der Waals surface area contributed by atoms with E-state index in [9.17, 15) is 19.1 Å². The van der Waals surface area contributed by atoms with E-state index in [0.29, 0.717) is 27.7 Å². The minimum atomic E-state index is -1.92. The molecule has 4 aromatic rings. The van der Waals surface area contributed by atoms with Crippen LogP contribution in [-0.2, 0) is 10.5 Å². The van der Waals surface area contributed by atoms with Crippen LogP contribution < -0.4 is 10.2 Å². The van der Waals surface area contributed by atoms with Crippen molar-refractivity contribution in [2.24, 2.45) is 0 Å². The Labute approximate surface area is 205 Å². The number of hydrogen-bond donors (Lipinski definition) is 3. The quantitative estimate of drug-likeness (QED) is 0.373. The summed E-state index contributed by atoms with van der Waals surface area (Å²) in [5, 5.41) is 14.6. The number of benzene rings is 3. The van der Waals surface area contributed by atoms with E-state index in [-0.39, 0.29) is 29.6 Å². The van der Waals surface area contributed by atoms with E-state index in [0.717, 1.165) is 6.07 Å². The molecule has 0 saturated heterocycles. The number of methoxy groups -OCH3 is 1. The van der Waals surface area contributed by atoms with Crippen molar-refractivity contribution < 1.29 is 23.8 Å². The zero-order chi connectivity index (χ0) is 24.0. The van der Waals surface area contributed by atoms with Crippen molar-refractivity contribution in [3.8, 4) is 12.3 Å². The number of aromatic nitrogens is 2. The lowest BCUT2D eigenvalue weighted by molar-refractivity contribution is 0.0704. The first-order valence-corrected chi connectivity index (χ1v) is 10.1. The zero-order valence-electron chi connectivity index (χ0n) is 18.2. The summed E-state index contributed by atoms with van der Waals surface area (Å²) >= 11 is 0. The number of anilines is 2. The Bertz CT molecular complexity index is 1530. The molecule has 3 N–H and O–H groups in total. The Kier molecular flexibility index (Phi) is 5.94. The molecule has 3 aromatic carbocycles. The smallest absolute Gasteiger partial charge is 0.413 e. The highest BCUT2D eigenvalue weighted by Gasteiger charge is 2.50. The summed E-state index contributed by atoms with van der Waals surface area (Å²) in [5.74, 6) is 1.34. The highest BCUT2D eigenvalue weighted by atomic mass is 35.5. The van der Waals surface area contributed by atoms with Crippen LogP contribution in [0.3, 0.4) is 0 Å². The van der Waals surface area contributed by atoms with Crippen LogP contribution in [0.15, 0.2) is 60.7 Å². The minimum absolute atomic E-state index is 0. The standard InChI is InChI=1S/C25H17FN4O4.ClH/c1-3-14-12-16(9-10-19(14)26)30-22(31)17-6-4-5-7-18(17)25(30,33)15-8-11-20-21(13-15)28-23(27-20)29-24(32)34-2;/h1,4-13,33H,2H3,(H2,27,28,29,32);1H. The maximum Gasteiger partial charge on any atom is 0.413 e. The average molecular weight is 493 g/mol. The summed E-state index contributed by atoms with van der Waals surface area (Å²) in [5.41, 5.74) is 0.289. The van der Waals surface area contributed by atoms with E-state index >= 15 is 0 Å². The number of rotatable bonds is 3. The van der Waals surface area contributed by atoms with Crippen LogP contribution >= 0.6 is 12.4 Å². The van der Waals surface area contributed by atoms with E-state index in [2.05, 4.69) is 25.9 Å². The molecular formula is C25H18ClFN4O4. The van der Waals surface area contributed by atoms with Crippen molar-refractivity contribution in [3.63, 3.8) is 0 Å². The number of imidazole rings is 1. The van der Waals surface area contributed by atoms with Crippen molar-refractivity contribution >= 4 is 47.1 Å². The molecule has 1 aromatic heterocycles. The number of nitrogens with zero attached hydrogens (tertiary/aromatic N) is 2. The zero-order valence-corrected chi connectivity index (χ0v) is 19.0. The molecule has 176 valence electrons. The summed E-state index contributed by atoms with van der Waals surface area (Å²) in [7, 11) is 1.23. The van der Waals surface area contributed by atoms with Gasteiger partial charge < -0.3 is 14.8 Å². The van der Waals surface area contributed by atoms with Gasteiger partial charge in [-0.3, -0.25) is 15.0 Å². The van der Waals surface area contributed by atoms with Crippen molar-refractivity contribution in [1.29, 1.82) is 0 Å². The summed E-state index contributed by atoms with van der Waals surface area (Å²) in [6.07, 6.45) is 4.72. The summed E-state index contributed by atoms with van der Waals surface area (Å²) in [6, 6.07) is 15.5. The number of aromatic amines is 1. The molecule has 35 heavy (non-hydrogen) atoms. The van der Waals surface area contributed by atoms with Crippen LogP contribution in [-0.4, -0.2) is 34.2 Å². The van der Waals surface area contributed by atoms with Gasteiger partial charge in [-0.1, -0.05) is 30.2 Å². The normalized spacial score (nSPS) is 16.4. The summed E-state index contributed by atoms with van der Waals surface area (Å²) < 4.78 is 18.6. The average Bonchev–Trinajstić information content (AvgIpc) is 3.35. The number of carbonyl (C=O) groups excluding carboxylic acids is 2.